The number of aliphatic imine (C=N–C) groups is 1. The minimum absolute atomic E-state index is 0.266. The predicted molar refractivity (Wildman–Crippen MR) is 152 cm³/mol. The molecule has 0 atom stereocenters. The fraction of sp³-hybridized carbons (Fsp3) is 0.167. The van der Waals surface area contributed by atoms with E-state index in [-0.39, 0.29) is 4.90 Å². The van der Waals surface area contributed by atoms with Crippen molar-refractivity contribution in [2.75, 3.05) is 31.9 Å². The van der Waals surface area contributed by atoms with Gasteiger partial charge in [0.05, 0.1) is 25.7 Å². The van der Waals surface area contributed by atoms with Gasteiger partial charge in [0, 0.05) is 22.5 Å². The van der Waals surface area contributed by atoms with E-state index in [0.29, 0.717) is 11.6 Å². The van der Waals surface area contributed by atoms with Gasteiger partial charge in [0.2, 0.25) is 0 Å². The summed E-state index contributed by atoms with van der Waals surface area (Å²) in [6.45, 7) is 0.488. The maximum absolute atomic E-state index is 12.1. The van der Waals surface area contributed by atoms with Crippen LogP contribution in [0.1, 0.15) is 16.7 Å². The molecule has 0 bridgehead atoms. The van der Waals surface area contributed by atoms with E-state index in [1.807, 2.05) is 84.9 Å². The Balaban J connectivity index is 1.71. The quantitative estimate of drug-likeness (QED) is 0.285. The van der Waals surface area contributed by atoms with Crippen LogP contribution in [0.3, 0.4) is 0 Å². The van der Waals surface area contributed by atoms with E-state index >= 15 is 0 Å². The van der Waals surface area contributed by atoms with Gasteiger partial charge in [-0.05, 0) is 83.9 Å². The molecule has 8 heteroatoms. The van der Waals surface area contributed by atoms with Crippen LogP contribution in [0.15, 0.2) is 107 Å². The van der Waals surface area contributed by atoms with Crippen LogP contribution in [0, 0.1) is 0 Å². The Hall–Kier alpha value is -3.81. The maximum Gasteiger partial charge on any atom is 0.175 e. The summed E-state index contributed by atoms with van der Waals surface area (Å²) in [5, 5.41) is 0.632. The van der Waals surface area contributed by atoms with Crippen LogP contribution in [0.2, 0.25) is 5.02 Å². The predicted octanol–water partition coefficient (Wildman–Crippen LogP) is 5.97. The third kappa shape index (κ3) is 4.87. The van der Waals surface area contributed by atoms with Crippen LogP contribution >= 0.6 is 11.6 Å². The molecule has 0 radical (unpaired) electrons. The largest absolute Gasteiger partial charge is 0.497 e. The average Bonchev–Trinajstić information content (AvgIpc) is 3.35. The summed E-state index contributed by atoms with van der Waals surface area (Å²) < 4.78 is 35.0. The van der Waals surface area contributed by atoms with E-state index < -0.39 is 15.4 Å². The van der Waals surface area contributed by atoms with Gasteiger partial charge in [-0.25, -0.2) is 13.4 Å². The van der Waals surface area contributed by atoms with Crippen LogP contribution in [0.25, 0.3) is 0 Å². The number of halogens is 1. The fourth-order valence-corrected chi connectivity index (χ4v) is 5.45. The van der Waals surface area contributed by atoms with Gasteiger partial charge in [0.15, 0.2) is 9.84 Å². The van der Waals surface area contributed by atoms with Crippen molar-refractivity contribution in [2.45, 2.75) is 10.4 Å². The van der Waals surface area contributed by atoms with Crippen molar-refractivity contribution in [1.29, 1.82) is 0 Å². The molecule has 0 spiro atoms. The molecule has 5 rings (SSSR count). The first-order valence-electron chi connectivity index (χ1n) is 12.0. The Bertz CT molecular complexity index is 1520. The first-order chi connectivity index (χ1) is 18.2. The van der Waals surface area contributed by atoms with Crippen LogP contribution in [0.5, 0.6) is 11.5 Å². The lowest BCUT2D eigenvalue weighted by Gasteiger charge is -2.30. The Morgan fingerprint density at radius 2 is 1.26 bits per heavy atom. The fourth-order valence-electron chi connectivity index (χ4n) is 4.70. The molecular weight excluding hydrogens is 520 g/mol. The SMILES string of the molecule is COc1ccc(C2(c3ccc(OC)cc3)CN(c3ccc(S(C)(=O)=O)cc3)C(c3ccc(Cl)cc3)=N2)cc1. The molecular formula is C30H27ClN2O4S. The summed E-state index contributed by atoms with van der Waals surface area (Å²) in [5.41, 5.74) is 2.94. The number of hydrogen-bond donors (Lipinski definition) is 0. The second kappa shape index (κ2) is 10.2. The molecule has 6 nitrogen and oxygen atoms in total. The lowest BCUT2D eigenvalue weighted by molar-refractivity contribution is 0.413. The zero-order valence-electron chi connectivity index (χ0n) is 21.3. The van der Waals surface area contributed by atoms with Gasteiger partial charge in [-0.2, -0.15) is 0 Å². The molecule has 1 aliphatic rings. The van der Waals surface area contributed by atoms with Gasteiger partial charge in [0.1, 0.15) is 22.9 Å². The van der Waals surface area contributed by atoms with E-state index in [0.717, 1.165) is 39.7 Å². The smallest absolute Gasteiger partial charge is 0.175 e. The number of rotatable bonds is 7. The van der Waals surface area contributed by atoms with Crippen molar-refractivity contribution < 1.29 is 17.9 Å². The number of amidine groups is 1. The molecule has 38 heavy (non-hydrogen) atoms. The van der Waals surface area contributed by atoms with Crippen LogP contribution in [0.4, 0.5) is 5.69 Å². The third-order valence-electron chi connectivity index (χ3n) is 6.75. The first-order valence-corrected chi connectivity index (χ1v) is 14.2. The number of methoxy groups -OCH3 is 2. The van der Waals surface area contributed by atoms with Gasteiger partial charge < -0.3 is 14.4 Å². The van der Waals surface area contributed by atoms with Crippen molar-refractivity contribution >= 4 is 33.0 Å². The molecule has 0 saturated heterocycles. The average molecular weight is 547 g/mol. The normalized spacial score (nSPS) is 14.7. The zero-order chi connectivity index (χ0) is 26.9. The monoisotopic (exact) mass is 546 g/mol. The molecule has 0 aliphatic carbocycles. The summed E-state index contributed by atoms with van der Waals surface area (Å²) in [5.74, 6) is 2.26. The molecule has 194 valence electrons. The van der Waals surface area contributed by atoms with Crippen molar-refractivity contribution in [3.63, 3.8) is 0 Å². The number of hydrogen-bond acceptors (Lipinski definition) is 6. The minimum Gasteiger partial charge on any atom is -0.497 e. The lowest BCUT2D eigenvalue weighted by atomic mass is 9.83. The van der Waals surface area contributed by atoms with Crippen LogP contribution in [-0.4, -0.2) is 41.3 Å². The molecule has 0 unspecified atom stereocenters. The molecule has 0 fully saturated rings. The highest BCUT2D eigenvalue weighted by Crippen LogP contribution is 2.43. The highest BCUT2D eigenvalue weighted by Gasteiger charge is 2.43. The van der Waals surface area contributed by atoms with Gasteiger partial charge >= 0.3 is 0 Å². The molecule has 4 aromatic carbocycles. The number of benzene rings is 4. The second-order valence-corrected chi connectivity index (χ2v) is 11.6. The highest BCUT2D eigenvalue weighted by atomic mass is 35.5. The van der Waals surface area contributed by atoms with Crippen LogP contribution < -0.4 is 14.4 Å². The minimum atomic E-state index is -3.32. The Kier molecular flexibility index (Phi) is 6.90. The van der Waals surface area contributed by atoms with E-state index in [9.17, 15) is 8.42 Å². The van der Waals surface area contributed by atoms with Crippen molar-refractivity contribution in [2.24, 2.45) is 4.99 Å². The molecule has 0 aromatic heterocycles. The summed E-state index contributed by atoms with van der Waals surface area (Å²) in [7, 11) is -0.0400. The van der Waals surface area contributed by atoms with E-state index in [4.69, 9.17) is 26.1 Å². The van der Waals surface area contributed by atoms with E-state index in [2.05, 4.69) is 4.90 Å². The Morgan fingerprint density at radius 1 is 0.763 bits per heavy atom. The molecule has 1 heterocycles. The van der Waals surface area contributed by atoms with Gasteiger partial charge in [-0.3, -0.25) is 0 Å². The van der Waals surface area contributed by atoms with Crippen LogP contribution in [-0.2, 0) is 15.4 Å². The van der Waals surface area contributed by atoms with E-state index in [1.165, 1.54) is 6.26 Å². The Morgan fingerprint density at radius 3 is 1.71 bits per heavy atom. The van der Waals surface area contributed by atoms with E-state index in [1.54, 1.807) is 26.4 Å². The summed E-state index contributed by atoms with van der Waals surface area (Å²) in [4.78, 5) is 7.78. The third-order valence-corrected chi connectivity index (χ3v) is 8.13. The molecule has 1 aliphatic heterocycles. The zero-order valence-corrected chi connectivity index (χ0v) is 22.8. The summed E-state index contributed by atoms with van der Waals surface area (Å²) in [6.07, 6.45) is 1.21. The number of nitrogens with zero attached hydrogens (tertiary/aromatic N) is 2. The van der Waals surface area contributed by atoms with Crippen molar-refractivity contribution in [3.05, 3.63) is 119 Å². The summed E-state index contributed by atoms with van der Waals surface area (Å²) in [6, 6.07) is 30.3. The Labute approximate surface area is 228 Å². The molecule has 0 amide bonds. The highest BCUT2D eigenvalue weighted by molar-refractivity contribution is 7.90. The number of ether oxygens (including phenoxy) is 2. The lowest BCUT2D eigenvalue weighted by Crippen LogP contribution is -2.35. The van der Waals surface area contributed by atoms with Crippen molar-refractivity contribution in [1.82, 2.24) is 0 Å². The molecule has 0 saturated carbocycles. The molecule has 0 N–H and O–H groups in total. The first kappa shape index (κ1) is 25.8. The standard InChI is InChI=1S/C30H27ClN2O4S/c1-36-26-14-6-22(7-15-26)30(23-8-16-27(37-2)17-9-23)20-33(25-12-18-28(19-13-25)38(3,34)35)29(32-30)21-4-10-24(31)11-5-21/h4-19H,20H2,1-3H3. The second-order valence-electron chi connectivity index (χ2n) is 9.11. The summed E-state index contributed by atoms with van der Waals surface area (Å²) >= 11 is 6.20. The van der Waals surface area contributed by atoms with Gasteiger partial charge in [-0.15, -0.1) is 0 Å². The number of sulfone groups is 1. The number of anilines is 1. The topological polar surface area (TPSA) is 68.2 Å². The van der Waals surface area contributed by atoms with Gasteiger partial charge in [0.25, 0.3) is 0 Å². The maximum atomic E-state index is 12.1. The van der Waals surface area contributed by atoms with Crippen molar-refractivity contribution in [3.8, 4) is 11.5 Å². The molecule has 4 aromatic rings. The van der Waals surface area contributed by atoms with Gasteiger partial charge in [-0.1, -0.05) is 35.9 Å².